The Morgan fingerprint density at radius 3 is 2.95 bits per heavy atom. The first-order chi connectivity index (χ1) is 9.20. The Bertz CT molecular complexity index is 498. The first-order valence-electron chi connectivity index (χ1n) is 7.08. The zero-order valence-electron chi connectivity index (χ0n) is 11.2. The van der Waals surface area contributed by atoms with Crippen LogP contribution in [0.4, 0.5) is 0 Å². The molecule has 1 aromatic rings. The Balaban J connectivity index is 1.92. The third-order valence-electron chi connectivity index (χ3n) is 4.65. The normalized spacial score (nSPS) is 26.5. The van der Waals surface area contributed by atoms with Gasteiger partial charge in [-0.3, -0.25) is 4.90 Å². The number of phenols is 2. The molecule has 1 aromatic carbocycles. The molecule has 1 aliphatic carbocycles. The maximum absolute atomic E-state index is 10.0. The summed E-state index contributed by atoms with van der Waals surface area (Å²) in [4.78, 5) is 2.51. The van der Waals surface area contributed by atoms with Gasteiger partial charge in [-0.05, 0) is 49.8 Å². The molecule has 3 rings (SSSR count). The predicted molar refractivity (Wildman–Crippen MR) is 75.5 cm³/mol. The summed E-state index contributed by atoms with van der Waals surface area (Å²) in [6.45, 7) is 5.94. The average Bonchev–Trinajstić information content (AvgIpc) is 2.42. The van der Waals surface area contributed by atoms with Crippen LogP contribution >= 0.6 is 0 Å². The van der Waals surface area contributed by atoms with E-state index in [0.717, 1.165) is 31.5 Å². The summed E-state index contributed by atoms with van der Waals surface area (Å²) in [6.07, 6.45) is 6.26. The van der Waals surface area contributed by atoms with Crippen molar-refractivity contribution < 1.29 is 10.2 Å². The lowest BCUT2D eigenvalue weighted by molar-refractivity contribution is 0.0965. The van der Waals surface area contributed by atoms with Crippen molar-refractivity contribution in [2.45, 2.75) is 31.7 Å². The maximum atomic E-state index is 10.0. The minimum Gasteiger partial charge on any atom is -0.504 e. The predicted octanol–water partition coefficient (Wildman–Crippen LogP) is 2.46. The zero-order valence-corrected chi connectivity index (χ0v) is 11.2. The molecule has 1 saturated heterocycles. The van der Waals surface area contributed by atoms with Crippen LogP contribution in [0.2, 0.25) is 0 Å². The van der Waals surface area contributed by atoms with Crippen LogP contribution in [0.5, 0.6) is 11.5 Å². The molecule has 0 spiro atoms. The van der Waals surface area contributed by atoms with E-state index in [1.807, 2.05) is 12.1 Å². The second kappa shape index (κ2) is 4.89. The topological polar surface area (TPSA) is 43.7 Å². The van der Waals surface area contributed by atoms with Crippen molar-refractivity contribution in [1.82, 2.24) is 4.90 Å². The molecule has 0 amide bonds. The van der Waals surface area contributed by atoms with E-state index >= 15 is 0 Å². The summed E-state index contributed by atoms with van der Waals surface area (Å²) in [7, 11) is 0. The zero-order chi connectivity index (χ0) is 13.4. The SMILES string of the molecule is C=CCN1CCC[C@@H]2Cc3c(ccc(O)c3O)CC21. The third-order valence-corrected chi connectivity index (χ3v) is 4.65. The fourth-order valence-electron chi connectivity index (χ4n) is 3.71. The van der Waals surface area contributed by atoms with Gasteiger partial charge in [0.2, 0.25) is 0 Å². The molecule has 1 heterocycles. The van der Waals surface area contributed by atoms with E-state index in [1.165, 1.54) is 18.4 Å². The number of hydrogen-bond donors (Lipinski definition) is 2. The van der Waals surface area contributed by atoms with Gasteiger partial charge < -0.3 is 10.2 Å². The van der Waals surface area contributed by atoms with Crippen LogP contribution in [0.1, 0.15) is 24.0 Å². The van der Waals surface area contributed by atoms with E-state index < -0.39 is 0 Å². The lowest BCUT2D eigenvalue weighted by Crippen LogP contribution is -2.49. The molecule has 0 bridgehead atoms. The average molecular weight is 259 g/mol. The molecular formula is C16H21NO2. The van der Waals surface area contributed by atoms with Crippen molar-refractivity contribution in [2.24, 2.45) is 5.92 Å². The smallest absolute Gasteiger partial charge is 0.160 e. The third kappa shape index (κ3) is 2.12. The van der Waals surface area contributed by atoms with Gasteiger partial charge >= 0.3 is 0 Å². The molecule has 3 heteroatoms. The summed E-state index contributed by atoms with van der Waals surface area (Å²) in [5.41, 5.74) is 2.15. The van der Waals surface area contributed by atoms with Crippen LogP contribution in [-0.2, 0) is 12.8 Å². The number of likely N-dealkylation sites (tertiary alicyclic amines) is 1. The van der Waals surface area contributed by atoms with Crippen LogP contribution in [0.25, 0.3) is 0 Å². The molecule has 0 radical (unpaired) electrons. The number of piperidine rings is 1. The second-order valence-electron chi connectivity index (χ2n) is 5.73. The summed E-state index contributed by atoms with van der Waals surface area (Å²) in [5, 5.41) is 19.7. The van der Waals surface area contributed by atoms with Gasteiger partial charge in [-0.25, -0.2) is 0 Å². The minimum atomic E-state index is 0.0101. The van der Waals surface area contributed by atoms with Crippen LogP contribution in [0.3, 0.4) is 0 Å². The molecule has 3 nitrogen and oxygen atoms in total. The van der Waals surface area contributed by atoms with E-state index in [0.29, 0.717) is 12.0 Å². The van der Waals surface area contributed by atoms with Gasteiger partial charge in [-0.1, -0.05) is 12.1 Å². The lowest BCUT2D eigenvalue weighted by atomic mass is 9.75. The molecule has 102 valence electrons. The van der Waals surface area contributed by atoms with Gasteiger partial charge in [0.1, 0.15) is 0 Å². The Kier molecular flexibility index (Phi) is 3.23. The van der Waals surface area contributed by atoms with Gasteiger partial charge in [-0.2, -0.15) is 0 Å². The fourth-order valence-corrected chi connectivity index (χ4v) is 3.71. The molecule has 1 fully saturated rings. The number of benzene rings is 1. The van der Waals surface area contributed by atoms with Crippen molar-refractivity contribution in [3.05, 3.63) is 35.9 Å². The summed E-state index contributed by atoms with van der Waals surface area (Å²) >= 11 is 0. The lowest BCUT2D eigenvalue weighted by Gasteiger charge is -2.44. The maximum Gasteiger partial charge on any atom is 0.160 e. The van der Waals surface area contributed by atoms with Gasteiger partial charge in [0, 0.05) is 18.2 Å². The highest BCUT2D eigenvalue weighted by molar-refractivity contribution is 5.50. The molecule has 1 unspecified atom stereocenters. The fraction of sp³-hybridized carbons (Fsp3) is 0.500. The number of phenolic OH excluding ortho intramolecular Hbond substituents is 2. The van der Waals surface area contributed by atoms with E-state index in [1.54, 1.807) is 6.07 Å². The molecule has 2 N–H and O–H groups in total. The van der Waals surface area contributed by atoms with Crippen molar-refractivity contribution in [1.29, 1.82) is 0 Å². The minimum absolute atomic E-state index is 0.0101. The number of rotatable bonds is 2. The summed E-state index contributed by atoms with van der Waals surface area (Å²) in [5.74, 6) is 0.696. The highest BCUT2D eigenvalue weighted by Crippen LogP contribution is 2.41. The number of fused-ring (bicyclic) bond motifs is 2. The van der Waals surface area contributed by atoms with E-state index in [2.05, 4.69) is 11.5 Å². The Morgan fingerprint density at radius 1 is 1.32 bits per heavy atom. The van der Waals surface area contributed by atoms with Gasteiger partial charge in [-0.15, -0.1) is 6.58 Å². The van der Waals surface area contributed by atoms with Crippen molar-refractivity contribution >= 4 is 0 Å². The summed E-state index contributed by atoms with van der Waals surface area (Å²) in [6, 6.07) is 4.12. The quantitative estimate of drug-likeness (QED) is 0.633. The van der Waals surface area contributed by atoms with Crippen LogP contribution in [0.15, 0.2) is 24.8 Å². The van der Waals surface area contributed by atoms with E-state index in [4.69, 9.17) is 0 Å². The summed E-state index contributed by atoms with van der Waals surface area (Å²) < 4.78 is 0. The molecule has 19 heavy (non-hydrogen) atoms. The van der Waals surface area contributed by atoms with Gasteiger partial charge in [0.25, 0.3) is 0 Å². The standard InChI is InChI=1S/C16H21NO2/c1-2-7-17-8-3-4-12-9-13-11(10-14(12)17)5-6-15(18)16(13)19/h2,5-6,12,14,18-19H,1,3-4,7-10H2/t12-,14?/m1/s1. The highest BCUT2D eigenvalue weighted by atomic mass is 16.3. The molecule has 1 aliphatic heterocycles. The van der Waals surface area contributed by atoms with Crippen molar-refractivity contribution in [3.63, 3.8) is 0 Å². The molecule has 2 aliphatic rings. The Labute approximate surface area is 114 Å². The first kappa shape index (κ1) is 12.5. The first-order valence-corrected chi connectivity index (χ1v) is 7.08. The van der Waals surface area contributed by atoms with Gasteiger partial charge in [0.15, 0.2) is 11.5 Å². The van der Waals surface area contributed by atoms with Gasteiger partial charge in [0.05, 0.1) is 0 Å². The molecular weight excluding hydrogens is 238 g/mol. The number of hydrogen-bond acceptors (Lipinski definition) is 3. The Morgan fingerprint density at radius 2 is 2.16 bits per heavy atom. The molecule has 2 atom stereocenters. The van der Waals surface area contributed by atoms with Crippen LogP contribution in [0, 0.1) is 5.92 Å². The second-order valence-corrected chi connectivity index (χ2v) is 5.73. The molecule has 0 saturated carbocycles. The molecule has 0 aromatic heterocycles. The largest absolute Gasteiger partial charge is 0.504 e. The number of aromatic hydroxyl groups is 2. The van der Waals surface area contributed by atoms with Crippen LogP contribution < -0.4 is 0 Å². The monoisotopic (exact) mass is 259 g/mol. The highest BCUT2D eigenvalue weighted by Gasteiger charge is 2.36. The van der Waals surface area contributed by atoms with Crippen molar-refractivity contribution in [2.75, 3.05) is 13.1 Å². The Hall–Kier alpha value is -1.48. The van der Waals surface area contributed by atoms with E-state index in [-0.39, 0.29) is 11.5 Å². The van der Waals surface area contributed by atoms with Crippen LogP contribution in [-0.4, -0.2) is 34.2 Å². The number of nitrogens with zero attached hydrogens (tertiary/aromatic N) is 1. The van der Waals surface area contributed by atoms with E-state index in [9.17, 15) is 10.2 Å². The van der Waals surface area contributed by atoms with Crippen molar-refractivity contribution in [3.8, 4) is 11.5 Å².